The van der Waals surface area contributed by atoms with E-state index in [1.807, 2.05) is 0 Å². The zero-order valence-electron chi connectivity index (χ0n) is 11.6. The van der Waals surface area contributed by atoms with Crippen molar-refractivity contribution in [1.29, 1.82) is 5.26 Å². The van der Waals surface area contributed by atoms with Crippen molar-refractivity contribution in [3.05, 3.63) is 0 Å². The van der Waals surface area contributed by atoms with Gasteiger partial charge in [-0.05, 0) is 52.4 Å². The van der Waals surface area contributed by atoms with Crippen molar-refractivity contribution in [1.82, 2.24) is 9.44 Å². The van der Waals surface area contributed by atoms with Crippen LogP contribution >= 0.6 is 0 Å². The van der Waals surface area contributed by atoms with Crippen LogP contribution in [0.1, 0.15) is 53.4 Å². The third kappa shape index (κ3) is 4.56. The molecule has 1 aliphatic carbocycles. The predicted molar refractivity (Wildman–Crippen MR) is 70.9 cm³/mol. The maximum absolute atomic E-state index is 12.0. The summed E-state index contributed by atoms with van der Waals surface area (Å²) in [7, 11) is -3.65. The molecule has 0 spiro atoms. The van der Waals surface area contributed by atoms with Gasteiger partial charge in [-0.1, -0.05) is 6.92 Å². The van der Waals surface area contributed by atoms with E-state index in [0.29, 0.717) is 18.8 Å². The molecule has 1 fully saturated rings. The maximum Gasteiger partial charge on any atom is 0.278 e. The summed E-state index contributed by atoms with van der Waals surface area (Å²) in [6, 6.07) is 2.15. The zero-order valence-corrected chi connectivity index (χ0v) is 12.4. The third-order valence-corrected chi connectivity index (χ3v) is 4.65. The Balaban J connectivity index is 2.78. The molecule has 1 rings (SSSR count). The summed E-state index contributed by atoms with van der Waals surface area (Å²) >= 11 is 0. The molecule has 18 heavy (non-hydrogen) atoms. The number of nitrogens with zero attached hydrogens (tertiary/aromatic N) is 1. The highest BCUT2D eigenvalue weighted by atomic mass is 32.2. The van der Waals surface area contributed by atoms with Gasteiger partial charge in [0.25, 0.3) is 10.2 Å². The van der Waals surface area contributed by atoms with Crippen molar-refractivity contribution in [2.24, 2.45) is 5.92 Å². The fourth-order valence-electron chi connectivity index (χ4n) is 2.18. The lowest BCUT2D eigenvalue weighted by Gasteiger charge is -2.35. The van der Waals surface area contributed by atoms with Crippen LogP contribution in [-0.4, -0.2) is 19.5 Å². The lowest BCUT2D eigenvalue weighted by atomic mass is 9.79. The summed E-state index contributed by atoms with van der Waals surface area (Å²) in [6.07, 6.45) is 2.92. The van der Waals surface area contributed by atoms with Crippen molar-refractivity contribution in [2.45, 2.75) is 64.5 Å². The van der Waals surface area contributed by atoms with Crippen molar-refractivity contribution in [2.75, 3.05) is 0 Å². The number of hydrogen-bond donors (Lipinski definition) is 2. The van der Waals surface area contributed by atoms with Crippen molar-refractivity contribution in [3.63, 3.8) is 0 Å². The minimum atomic E-state index is -3.65. The molecule has 0 aliphatic heterocycles. The molecule has 104 valence electrons. The highest BCUT2D eigenvalue weighted by Gasteiger charge is 2.38. The normalized spacial score (nSPS) is 29.8. The van der Waals surface area contributed by atoms with Crippen LogP contribution in [0.3, 0.4) is 0 Å². The number of nitriles is 1. The van der Waals surface area contributed by atoms with Crippen LogP contribution in [0.2, 0.25) is 0 Å². The average molecular weight is 273 g/mol. The maximum atomic E-state index is 12.0. The highest BCUT2D eigenvalue weighted by Crippen LogP contribution is 2.31. The Kier molecular flexibility index (Phi) is 4.42. The standard InChI is InChI=1S/C12H23N3O2S/c1-10-5-7-12(9-13,8-6-10)15-18(16,17)14-11(2,3)4/h10,14-15H,5-8H2,1-4H3. The first-order valence-corrected chi connectivity index (χ1v) is 7.80. The van der Waals surface area contributed by atoms with E-state index in [2.05, 4.69) is 22.4 Å². The van der Waals surface area contributed by atoms with E-state index in [-0.39, 0.29) is 0 Å². The molecule has 1 saturated carbocycles. The van der Waals surface area contributed by atoms with E-state index in [1.54, 1.807) is 20.8 Å². The molecular weight excluding hydrogens is 250 g/mol. The van der Waals surface area contributed by atoms with E-state index in [1.165, 1.54) is 0 Å². The fraction of sp³-hybridized carbons (Fsp3) is 0.917. The topological polar surface area (TPSA) is 82.0 Å². The molecule has 0 unspecified atom stereocenters. The number of nitrogens with one attached hydrogen (secondary N) is 2. The van der Waals surface area contributed by atoms with Gasteiger partial charge in [0.1, 0.15) is 5.54 Å². The summed E-state index contributed by atoms with van der Waals surface area (Å²) in [6.45, 7) is 7.44. The van der Waals surface area contributed by atoms with Gasteiger partial charge < -0.3 is 0 Å². The molecule has 6 heteroatoms. The molecule has 0 aromatic rings. The molecule has 0 saturated heterocycles. The van der Waals surface area contributed by atoms with Gasteiger partial charge in [0.05, 0.1) is 6.07 Å². The van der Waals surface area contributed by atoms with Crippen LogP contribution in [0.4, 0.5) is 0 Å². The Morgan fingerprint density at radius 1 is 1.28 bits per heavy atom. The van der Waals surface area contributed by atoms with Crippen LogP contribution in [0.25, 0.3) is 0 Å². The zero-order chi connectivity index (χ0) is 14.0. The minimum Gasteiger partial charge on any atom is -0.197 e. The summed E-state index contributed by atoms with van der Waals surface area (Å²) in [4.78, 5) is 0. The first-order valence-electron chi connectivity index (χ1n) is 6.32. The Morgan fingerprint density at radius 2 is 1.78 bits per heavy atom. The number of hydrogen-bond acceptors (Lipinski definition) is 3. The van der Waals surface area contributed by atoms with E-state index >= 15 is 0 Å². The Bertz CT molecular complexity index is 423. The van der Waals surface area contributed by atoms with Crippen molar-refractivity contribution in [3.8, 4) is 6.07 Å². The Morgan fingerprint density at radius 3 is 2.17 bits per heavy atom. The van der Waals surface area contributed by atoms with E-state index in [4.69, 9.17) is 0 Å². The molecule has 0 atom stereocenters. The van der Waals surface area contributed by atoms with Gasteiger partial charge in [0.15, 0.2) is 0 Å². The molecule has 0 heterocycles. The minimum absolute atomic E-state index is 0.551. The van der Waals surface area contributed by atoms with Gasteiger partial charge in [-0.15, -0.1) is 0 Å². The molecule has 2 N–H and O–H groups in total. The number of rotatable bonds is 3. The SMILES string of the molecule is CC1CCC(C#N)(NS(=O)(=O)NC(C)(C)C)CC1. The largest absolute Gasteiger partial charge is 0.278 e. The van der Waals surface area contributed by atoms with Gasteiger partial charge in [0.2, 0.25) is 0 Å². The van der Waals surface area contributed by atoms with Gasteiger partial charge in [-0.2, -0.15) is 23.1 Å². The van der Waals surface area contributed by atoms with Gasteiger partial charge >= 0.3 is 0 Å². The van der Waals surface area contributed by atoms with Crippen LogP contribution in [-0.2, 0) is 10.2 Å². The second-order valence-electron chi connectivity index (χ2n) is 6.33. The van der Waals surface area contributed by atoms with Crippen molar-refractivity contribution >= 4 is 10.2 Å². The molecule has 5 nitrogen and oxygen atoms in total. The summed E-state index contributed by atoms with van der Waals surface area (Å²) in [5.74, 6) is 0.562. The Labute approximate surface area is 110 Å². The smallest absolute Gasteiger partial charge is 0.197 e. The van der Waals surface area contributed by atoms with E-state index < -0.39 is 21.3 Å². The molecule has 0 amide bonds. The van der Waals surface area contributed by atoms with Crippen LogP contribution in [0.5, 0.6) is 0 Å². The van der Waals surface area contributed by atoms with Crippen molar-refractivity contribution < 1.29 is 8.42 Å². The molecule has 0 aromatic heterocycles. The van der Waals surface area contributed by atoms with Gasteiger partial charge in [0, 0.05) is 5.54 Å². The second kappa shape index (κ2) is 5.16. The van der Waals surface area contributed by atoms with Gasteiger partial charge in [-0.25, -0.2) is 0 Å². The van der Waals surface area contributed by atoms with Gasteiger partial charge in [-0.3, -0.25) is 0 Å². The quantitative estimate of drug-likeness (QED) is 0.820. The molecular formula is C12H23N3O2S. The second-order valence-corrected chi connectivity index (χ2v) is 7.75. The van der Waals surface area contributed by atoms with Crippen LogP contribution < -0.4 is 9.44 Å². The molecule has 0 bridgehead atoms. The summed E-state index contributed by atoms with van der Waals surface area (Å²) < 4.78 is 29.0. The van der Waals surface area contributed by atoms with Crippen LogP contribution in [0, 0.1) is 17.2 Å². The third-order valence-electron chi connectivity index (χ3n) is 3.11. The highest BCUT2D eigenvalue weighted by molar-refractivity contribution is 7.87. The fourth-order valence-corrected chi connectivity index (χ4v) is 3.80. The predicted octanol–water partition coefficient (Wildman–Crippen LogP) is 1.68. The average Bonchev–Trinajstić information content (AvgIpc) is 2.18. The molecule has 0 radical (unpaired) electrons. The summed E-state index contributed by atoms with van der Waals surface area (Å²) in [5.41, 5.74) is -1.49. The first kappa shape index (κ1) is 15.4. The van der Waals surface area contributed by atoms with E-state index in [0.717, 1.165) is 12.8 Å². The van der Waals surface area contributed by atoms with Crippen LogP contribution in [0.15, 0.2) is 0 Å². The summed E-state index contributed by atoms with van der Waals surface area (Å²) in [5, 5.41) is 9.28. The van der Waals surface area contributed by atoms with E-state index in [9.17, 15) is 13.7 Å². The monoisotopic (exact) mass is 273 g/mol. The molecule has 0 aromatic carbocycles. The lowest BCUT2D eigenvalue weighted by Crippen LogP contribution is -2.56. The first-order chi connectivity index (χ1) is 8.08. The lowest BCUT2D eigenvalue weighted by molar-refractivity contribution is 0.276. The Hall–Kier alpha value is -0.640. The molecule has 1 aliphatic rings.